The predicted octanol–water partition coefficient (Wildman–Crippen LogP) is 4.57. The van der Waals surface area contributed by atoms with Crippen molar-refractivity contribution in [2.75, 3.05) is 0 Å². The Balaban J connectivity index is 0.000000300. The van der Waals surface area contributed by atoms with Crippen LogP contribution in [0.25, 0.3) is 0 Å². The molecule has 0 N–H and O–H groups in total. The summed E-state index contributed by atoms with van der Waals surface area (Å²) in [6.45, 7) is 1.57. The molecule has 24 heavy (non-hydrogen) atoms. The Morgan fingerprint density at radius 1 is 1.25 bits per heavy atom. The molecule has 124 valence electrons. The SMILES string of the molecule is CC(=O)N1N=C(c2cccs2)CC1[c-]1cccc1.[Fe+2].c1cc[cH-]c1. The first-order chi connectivity index (χ1) is 11.3. The largest absolute Gasteiger partial charge is 2.00 e. The Morgan fingerprint density at radius 2 is 1.96 bits per heavy atom. The summed E-state index contributed by atoms with van der Waals surface area (Å²) in [4.78, 5) is 12.8. The predicted molar refractivity (Wildman–Crippen MR) is 94.8 cm³/mol. The van der Waals surface area contributed by atoms with E-state index in [1.807, 2.05) is 66.0 Å². The van der Waals surface area contributed by atoms with Crippen molar-refractivity contribution in [1.29, 1.82) is 0 Å². The molecule has 0 bridgehead atoms. The van der Waals surface area contributed by atoms with Gasteiger partial charge in [0.2, 0.25) is 5.91 Å². The molecule has 1 unspecified atom stereocenters. The minimum atomic E-state index is -0.00671. The van der Waals surface area contributed by atoms with Crippen LogP contribution in [0.4, 0.5) is 0 Å². The molecule has 1 aliphatic heterocycles. The van der Waals surface area contributed by atoms with Gasteiger partial charge in [-0.25, -0.2) is 29.3 Å². The maximum Gasteiger partial charge on any atom is 2.00 e. The van der Waals surface area contributed by atoms with Crippen LogP contribution in [-0.2, 0) is 21.9 Å². The summed E-state index contributed by atoms with van der Waals surface area (Å²) in [5.74, 6) is -0.00671. The van der Waals surface area contributed by atoms with Gasteiger partial charge in [0.1, 0.15) is 0 Å². The van der Waals surface area contributed by atoms with E-state index in [-0.39, 0.29) is 29.0 Å². The Morgan fingerprint density at radius 3 is 2.46 bits per heavy atom. The summed E-state index contributed by atoms with van der Waals surface area (Å²) in [6, 6.07) is 22.2. The molecule has 4 rings (SSSR count). The van der Waals surface area contributed by atoms with E-state index < -0.39 is 0 Å². The molecule has 0 spiro atoms. The number of thiophene rings is 1. The summed E-state index contributed by atoms with van der Waals surface area (Å²) in [6.07, 6.45) is 0.796. The van der Waals surface area contributed by atoms with Gasteiger partial charge in [0, 0.05) is 19.4 Å². The normalized spacial score (nSPS) is 16.0. The topological polar surface area (TPSA) is 32.7 Å². The Kier molecular flexibility index (Phi) is 6.73. The monoisotopic (exact) mass is 378 g/mol. The maximum absolute atomic E-state index is 11.7. The van der Waals surface area contributed by atoms with Crippen molar-refractivity contribution in [3.63, 3.8) is 0 Å². The van der Waals surface area contributed by atoms with Gasteiger partial charge in [-0.1, -0.05) is 6.07 Å². The molecule has 2 heterocycles. The van der Waals surface area contributed by atoms with Crippen molar-refractivity contribution >= 4 is 23.0 Å². The zero-order chi connectivity index (χ0) is 16.1. The van der Waals surface area contributed by atoms with E-state index in [0.29, 0.717) is 0 Å². The second-order valence-electron chi connectivity index (χ2n) is 5.29. The number of carbonyl (C=O) groups excluding carboxylic acids is 1. The van der Waals surface area contributed by atoms with Gasteiger partial charge in [-0.15, -0.1) is 16.9 Å². The maximum atomic E-state index is 11.7. The molecule has 5 heteroatoms. The van der Waals surface area contributed by atoms with E-state index in [0.717, 1.165) is 22.6 Å². The standard InChI is InChI=1S/C14H13N2OS.C5H5.Fe/c1-10(17)16-13(11-5-2-3-6-11)9-12(15-16)14-7-4-8-18-14;1-2-4-5-3-1;/h2-8,13H,9H2,1H3;1-5H;/q2*-1;+2. The third kappa shape index (κ3) is 4.32. The van der Waals surface area contributed by atoms with Gasteiger partial charge in [0.05, 0.1) is 10.6 Å². The molecule has 1 aliphatic rings. The molecule has 0 aliphatic carbocycles. The van der Waals surface area contributed by atoms with E-state index in [1.165, 1.54) is 0 Å². The molecule has 2 aromatic carbocycles. The Bertz CT molecular complexity index is 728. The Hall–Kier alpha value is -1.94. The van der Waals surface area contributed by atoms with E-state index in [1.54, 1.807) is 23.3 Å². The van der Waals surface area contributed by atoms with Crippen LogP contribution in [0.5, 0.6) is 0 Å². The summed E-state index contributed by atoms with van der Waals surface area (Å²) in [7, 11) is 0. The van der Waals surface area contributed by atoms with Crippen LogP contribution in [-0.4, -0.2) is 16.6 Å². The fourth-order valence-electron chi connectivity index (χ4n) is 2.58. The molecule has 0 fully saturated rings. The van der Waals surface area contributed by atoms with E-state index in [4.69, 9.17) is 0 Å². The molecule has 3 aromatic rings. The molecule has 1 amide bonds. The van der Waals surface area contributed by atoms with Gasteiger partial charge in [-0.3, -0.25) is 4.79 Å². The quantitative estimate of drug-likeness (QED) is 0.475. The van der Waals surface area contributed by atoms with E-state index in [9.17, 15) is 4.79 Å². The number of carbonyl (C=O) groups is 1. The minimum Gasteiger partial charge on any atom is -0.273 e. The van der Waals surface area contributed by atoms with Crippen LogP contribution in [0, 0.1) is 0 Å². The van der Waals surface area contributed by atoms with Gasteiger partial charge in [-0.05, 0) is 11.4 Å². The van der Waals surface area contributed by atoms with Gasteiger partial charge >= 0.3 is 17.1 Å². The van der Waals surface area contributed by atoms with Crippen LogP contribution < -0.4 is 0 Å². The number of rotatable bonds is 2. The molecular weight excluding hydrogens is 360 g/mol. The average molecular weight is 378 g/mol. The van der Waals surface area contributed by atoms with Crippen LogP contribution in [0.2, 0.25) is 0 Å². The molecule has 0 radical (unpaired) electrons. The fraction of sp³-hybridized carbons (Fsp3) is 0.158. The summed E-state index contributed by atoms with van der Waals surface area (Å²) in [5, 5.41) is 8.11. The molecular formula is C19H18FeN2OS. The van der Waals surface area contributed by atoms with Crippen LogP contribution >= 0.6 is 11.3 Å². The summed E-state index contributed by atoms with van der Waals surface area (Å²) >= 11 is 1.66. The minimum absolute atomic E-state index is 0. The zero-order valence-corrected chi connectivity index (χ0v) is 15.2. The van der Waals surface area contributed by atoms with Crippen molar-refractivity contribution in [1.82, 2.24) is 5.01 Å². The molecule has 3 nitrogen and oxygen atoms in total. The van der Waals surface area contributed by atoms with Crippen LogP contribution in [0.3, 0.4) is 0 Å². The molecule has 0 saturated carbocycles. The number of amides is 1. The van der Waals surface area contributed by atoms with Crippen LogP contribution in [0.15, 0.2) is 77.2 Å². The summed E-state index contributed by atoms with van der Waals surface area (Å²) in [5.41, 5.74) is 2.16. The first-order valence-corrected chi connectivity index (χ1v) is 8.43. The van der Waals surface area contributed by atoms with Crippen molar-refractivity contribution in [3.8, 4) is 0 Å². The third-order valence-corrected chi connectivity index (χ3v) is 4.59. The van der Waals surface area contributed by atoms with Crippen molar-refractivity contribution < 1.29 is 21.9 Å². The second-order valence-corrected chi connectivity index (χ2v) is 6.24. The molecule has 1 aromatic heterocycles. The zero-order valence-electron chi connectivity index (χ0n) is 13.3. The first kappa shape index (κ1) is 18.4. The van der Waals surface area contributed by atoms with Gasteiger partial charge < -0.3 is 0 Å². The molecule has 0 saturated heterocycles. The molecule has 1 atom stereocenters. The number of hydrogen-bond donors (Lipinski definition) is 0. The smallest absolute Gasteiger partial charge is 0.273 e. The summed E-state index contributed by atoms with van der Waals surface area (Å²) < 4.78 is 0. The van der Waals surface area contributed by atoms with Crippen LogP contribution in [0.1, 0.15) is 29.8 Å². The van der Waals surface area contributed by atoms with Gasteiger partial charge in [-0.2, -0.15) is 35.4 Å². The van der Waals surface area contributed by atoms with E-state index in [2.05, 4.69) is 11.2 Å². The number of nitrogens with zero attached hydrogens (tertiary/aromatic N) is 2. The van der Waals surface area contributed by atoms with Gasteiger partial charge in [0.25, 0.3) is 0 Å². The average Bonchev–Trinajstić information content (AvgIpc) is 3.38. The number of hydrazone groups is 1. The van der Waals surface area contributed by atoms with Crippen molar-refractivity contribution in [2.24, 2.45) is 5.10 Å². The Labute approximate surface area is 156 Å². The van der Waals surface area contributed by atoms with Crippen molar-refractivity contribution in [2.45, 2.75) is 19.4 Å². The second kappa shape index (κ2) is 8.78. The number of hydrogen-bond acceptors (Lipinski definition) is 3. The van der Waals surface area contributed by atoms with E-state index >= 15 is 0 Å². The van der Waals surface area contributed by atoms with Crippen molar-refractivity contribution in [3.05, 3.63) is 82.6 Å². The van der Waals surface area contributed by atoms with Gasteiger partial charge in [0.15, 0.2) is 0 Å². The fourth-order valence-corrected chi connectivity index (χ4v) is 3.30. The first-order valence-electron chi connectivity index (χ1n) is 7.55. The third-order valence-electron chi connectivity index (χ3n) is 3.67.